The van der Waals surface area contributed by atoms with E-state index in [4.69, 9.17) is 27.9 Å². The standard InChI is InChI=1S/C29H33Cl2N3O5S/c1-5-26(29(36)32-6-2)33(18-21-9-11-22(30)12-10-21)28(35)19-34(23-13-16-27(39-4)25(31)17-23)40(37,38)24-14-7-20(3)8-15-24/h7-17,26H,5-6,18-19H2,1-4H3,(H,32,36)/t26-/m1/s1. The Bertz CT molecular complexity index is 1430. The zero-order valence-corrected chi connectivity index (χ0v) is 25.2. The number of rotatable bonds is 12. The van der Waals surface area contributed by atoms with Crippen LogP contribution in [0, 0.1) is 6.92 Å². The molecule has 0 heterocycles. The summed E-state index contributed by atoms with van der Waals surface area (Å²) >= 11 is 12.4. The van der Waals surface area contributed by atoms with Gasteiger partial charge in [-0.3, -0.25) is 13.9 Å². The summed E-state index contributed by atoms with van der Waals surface area (Å²) in [6.07, 6.45) is 0.324. The molecule has 3 aromatic rings. The monoisotopic (exact) mass is 605 g/mol. The number of hydrogen-bond donors (Lipinski definition) is 1. The molecule has 0 saturated carbocycles. The second-order valence-electron chi connectivity index (χ2n) is 9.11. The first-order valence-corrected chi connectivity index (χ1v) is 15.0. The minimum Gasteiger partial charge on any atom is -0.495 e. The maximum Gasteiger partial charge on any atom is 0.264 e. The average molecular weight is 607 g/mol. The lowest BCUT2D eigenvalue weighted by molar-refractivity contribution is -0.140. The van der Waals surface area contributed by atoms with Crippen LogP contribution in [0.1, 0.15) is 31.4 Å². The maximum absolute atomic E-state index is 14.0. The lowest BCUT2D eigenvalue weighted by Gasteiger charge is -2.33. The zero-order valence-electron chi connectivity index (χ0n) is 22.9. The van der Waals surface area contributed by atoms with Gasteiger partial charge < -0.3 is 15.0 Å². The van der Waals surface area contributed by atoms with E-state index in [0.717, 1.165) is 15.4 Å². The third-order valence-electron chi connectivity index (χ3n) is 6.31. The SMILES string of the molecule is CCNC(=O)[C@@H](CC)N(Cc1ccc(Cl)cc1)C(=O)CN(c1ccc(OC)c(Cl)c1)S(=O)(=O)c1ccc(C)cc1. The molecule has 0 aliphatic carbocycles. The molecule has 0 fully saturated rings. The molecule has 0 spiro atoms. The van der Waals surface area contributed by atoms with Gasteiger partial charge in [-0.1, -0.05) is 60.0 Å². The minimum atomic E-state index is -4.21. The lowest BCUT2D eigenvalue weighted by Crippen LogP contribution is -2.52. The number of likely N-dealkylation sites (N-methyl/N-ethyl adjacent to an activating group) is 1. The van der Waals surface area contributed by atoms with Crippen LogP contribution in [0.15, 0.2) is 71.6 Å². The van der Waals surface area contributed by atoms with E-state index in [-0.39, 0.29) is 28.1 Å². The van der Waals surface area contributed by atoms with Gasteiger partial charge in [0, 0.05) is 18.1 Å². The zero-order chi connectivity index (χ0) is 29.4. The van der Waals surface area contributed by atoms with Crippen molar-refractivity contribution < 1.29 is 22.7 Å². The largest absolute Gasteiger partial charge is 0.495 e. The molecular weight excluding hydrogens is 573 g/mol. The van der Waals surface area contributed by atoms with Crippen molar-refractivity contribution in [3.8, 4) is 5.75 Å². The number of nitrogens with one attached hydrogen (secondary N) is 1. The summed E-state index contributed by atoms with van der Waals surface area (Å²) < 4.78 is 34.1. The van der Waals surface area contributed by atoms with E-state index >= 15 is 0 Å². The topological polar surface area (TPSA) is 96.0 Å². The molecule has 0 radical (unpaired) electrons. The molecule has 0 aromatic heterocycles. The number of aryl methyl sites for hydroxylation is 1. The quantitative estimate of drug-likeness (QED) is 0.296. The van der Waals surface area contributed by atoms with Gasteiger partial charge in [0.15, 0.2) is 0 Å². The van der Waals surface area contributed by atoms with Gasteiger partial charge >= 0.3 is 0 Å². The third-order valence-corrected chi connectivity index (χ3v) is 8.65. The molecule has 1 atom stereocenters. The summed E-state index contributed by atoms with van der Waals surface area (Å²) in [6, 6.07) is 16.9. The number of carbonyl (C=O) groups is 2. The van der Waals surface area contributed by atoms with Crippen LogP contribution in [-0.2, 0) is 26.2 Å². The van der Waals surface area contributed by atoms with Gasteiger partial charge in [-0.05, 0) is 68.3 Å². The Labute approximate surface area is 245 Å². The van der Waals surface area contributed by atoms with Crippen LogP contribution in [0.25, 0.3) is 0 Å². The van der Waals surface area contributed by atoms with Gasteiger partial charge in [0.05, 0.1) is 22.7 Å². The summed E-state index contributed by atoms with van der Waals surface area (Å²) in [5.74, 6) is -0.528. The number of anilines is 1. The Morgan fingerprint density at radius 1 is 0.975 bits per heavy atom. The normalized spacial score (nSPS) is 11.9. The second kappa shape index (κ2) is 13.9. The molecule has 8 nitrogen and oxygen atoms in total. The summed E-state index contributed by atoms with van der Waals surface area (Å²) in [5.41, 5.74) is 1.80. The molecular formula is C29H33Cl2N3O5S. The molecule has 0 saturated heterocycles. The van der Waals surface area contributed by atoms with Crippen molar-refractivity contribution >= 4 is 50.7 Å². The number of carbonyl (C=O) groups excluding carboxylic acids is 2. The number of halogens is 2. The lowest BCUT2D eigenvalue weighted by atomic mass is 10.1. The van der Waals surface area contributed by atoms with E-state index in [2.05, 4.69) is 5.32 Å². The first-order chi connectivity index (χ1) is 19.0. The first kappa shape index (κ1) is 31.3. The summed E-state index contributed by atoms with van der Waals surface area (Å²) in [6.45, 7) is 5.33. The van der Waals surface area contributed by atoms with Gasteiger partial charge in [-0.2, -0.15) is 0 Å². The smallest absolute Gasteiger partial charge is 0.264 e. The van der Waals surface area contributed by atoms with Crippen LogP contribution in [0.4, 0.5) is 5.69 Å². The van der Waals surface area contributed by atoms with Gasteiger partial charge in [0.1, 0.15) is 18.3 Å². The fourth-order valence-corrected chi connectivity index (χ4v) is 5.96. The van der Waals surface area contributed by atoms with Crippen molar-refractivity contribution in [2.75, 3.05) is 24.5 Å². The van der Waals surface area contributed by atoms with Crippen molar-refractivity contribution in [3.63, 3.8) is 0 Å². The van der Waals surface area contributed by atoms with Gasteiger partial charge in [0.2, 0.25) is 11.8 Å². The van der Waals surface area contributed by atoms with Gasteiger partial charge in [-0.15, -0.1) is 0 Å². The van der Waals surface area contributed by atoms with E-state index in [1.54, 1.807) is 50.2 Å². The van der Waals surface area contributed by atoms with Gasteiger partial charge in [0.25, 0.3) is 10.0 Å². The highest BCUT2D eigenvalue weighted by atomic mass is 35.5. The van der Waals surface area contributed by atoms with Crippen molar-refractivity contribution in [1.82, 2.24) is 10.2 Å². The summed E-state index contributed by atoms with van der Waals surface area (Å²) in [7, 11) is -2.76. The van der Waals surface area contributed by atoms with Crippen LogP contribution >= 0.6 is 23.2 Å². The Balaban J connectivity index is 2.09. The molecule has 0 unspecified atom stereocenters. The van der Waals surface area contributed by atoms with E-state index in [1.807, 2.05) is 6.92 Å². The molecule has 11 heteroatoms. The number of ether oxygens (including phenoxy) is 1. The van der Waals surface area contributed by atoms with Crippen LogP contribution in [0.5, 0.6) is 5.75 Å². The fraction of sp³-hybridized carbons (Fsp3) is 0.310. The molecule has 40 heavy (non-hydrogen) atoms. The summed E-state index contributed by atoms with van der Waals surface area (Å²) in [4.78, 5) is 28.4. The average Bonchev–Trinajstić information content (AvgIpc) is 2.92. The predicted octanol–water partition coefficient (Wildman–Crippen LogP) is 5.45. The highest BCUT2D eigenvalue weighted by Crippen LogP contribution is 2.32. The molecule has 3 aromatic carbocycles. The summed E-state index contributed by atoms with van der Waals surface area (Å²) in [5, 5.41) is 3.49. The number of amides is 2. The predicted molar refractivity (Wildman–Crippen MR) is 158 cm³/mol. The van der Waals surface area contributed by atoms with Crippen molar-refractivity contribution in [3.05, 3.63) is 87.9 Å². The van der Waals surface area contributed by atoms with Crippen molar-refractivity contribution in [1.29, 1.82) is 0 Å². The molecule has 214 valence electrons. The van der Waals surface area contributed by atoms with Gasteiger partial charge in [-0.25, -0.2) is 8.42 Å². The number of hydrogen-bond acceptors (Lipinski definition) is 5. The highest BCUT2D eigenvalue weighted by molar-refractivity contribution is 7.92. The molecule has 0 bridgehead atoms. The third kappa shape index (κ3) is 7.47. The maximum atomic E-state index is 14.0. The molecule has 2 amide bonds. The fourth-order valence-electron chi connectivity index (χ4n) is 4.17. The Kier molecular flexibility index (Phi) is 10.8. The number of nitrogens with zero attached hydrogens (tertiary/aromatic N) is 2. The highest BCUT2D eigenvalue weighted by Gasteiger charge is 2.33. The Morgan fingerprint density at radius 3 is 2.17 bits per heavy atom. The van der Waals surface area contributed by atoms with Crippen molar-refractivity contribution in [2.24, 2.45) is 0 Å². The van der Waals surface area contributed by atoms with E-state index in [0.29, 0.717) is 23.7 Å². The van der Waals surface area contributed by atoms with E-state index in [1.165, 1.54) is 42.3 Å². The van der Waals surface area contributed by atoms with E-state index in [9.17, 15) is 18.0 Å². The van der Waals surface area contributed by atoms with Crippen LogP contribution in [0.3, 0.4) is 0 Å². The Hall–Kier alpha value is -3.27. The van der Waals surface area contributed by atoms with Crippen LogP contribution in [-0.4, -0.2) is 51.4 Å². The Morgan fingerprint density at radius 2 is 1.62 bits per heavy atom. The van der Waals surface area contributed by atoms with E-state index < -0.39 is 28.5 Å². The number of methoxy groups -OCH3 is 1. The number of sulfonamides is 1. The van der Waals surface area contributed by atoms with Crippen molar-refractivity contribution in [2.45, 2.75) is 44.7 Å². The molecule has 1 N–H and O–H groups in total. The first-order valence-electron chi connectivity index (χ1n) is 12.8. The second-order valence-corrected chi connectivity index (χ2v) is 11.8. The van der Waals surface area contributed by atoms with Crippen LogP contribution < -0.4 is 14.4 Å². The van der Waals surface area contributed by atoms with Crippen LogP contribution in [0.2, 0.25) is 10.0 Å². The minimum absolute atomic E-state index is 0.0119. The number of benzene rings is 3. The molecule has 0 aliphatic rings. The molecule has 0 aliphatic heterocycles. The molecule has 3 rings (SSSR count).